The molecule has 0 fully saturated rings. The number of halogens is 1. The van der Waals surface area contributed by atoms with Gasteiger partial charge in [-0.15, -0.1) is 11.6 Å². The van der Waals surface area contributed by atoms with E-state index in [2.05, 4.69) is 14.5 Å². The van der Waals surface area contributed by atoms with E-state index in [-0.39, 0.29) is 18.1 Å². The molecule has 5 nitrogen and oxygen atoms in total. The second-order valence-corrected chi connectivity index (χ2v) is 3.46. The lowest BCUT2D eigenvalue weighted by Gasteiger charge is -2.05. The van der Waals surface area contributed by atoms with Gasteiger partial charge >= 0.3 is 12.1 Å². The lowest BCUT2D eigenvalue weighted by molar-refractivity contribution is 0.0401. The smallest absolute Gasteiger partial charge is 0.434 e. The average molecular weight is 258 g/mol. The first-order valence-electron chi connectivity index (χ1n) is 4.99. The lowest BCUT2D eigenvalue weighted by atomic mass is 10.2. The van der Waals surface area contributed by atoms with Crippen molar-refractivity contribution in [1.29, 1.82) is 0 Å². The maximum atomic E-state index is 11.5. The van der Waals surface area contributed by atoms with Gasteiger partial charge in [0, 0.05) is 6.20 Å². The number of aromatic nitrogens is 1. The van der Waals surface area contributed by atoms with Crippen molar-refractivity contribution in [2.45, 2.75) is 19.7 Å². The summed E-state index contributed by atoms with van der Waals surface area (Å²) >= 11 is 5.64. The maximum absolute atomic E-state index is 11.5. The highest BCUT2D eigenvalue weighted by Crippen LogP contribution is 2.11. The zero-order valence-electron chi connectivity index (χ0n) is 9.53. The largest absolute Gasteiger partial charge is 0.516 e. The van der Waals surface area contributed by atoms with Gasteiger partial charge in [-0.1, -0.05) is 0 Å². The van der Waals surface area contributed by atoms with Crippen LogP contribution in [0, 0.1) is 6.92 Å². The number of hydrogen-bond acceptors (Lipinski definition) is 5. The summed E-state index contributed by atoms with van der Waals surface area (Å²) in [5, 5.41) is 0. The molecule has 0 aliphatic carbocycles. The Morgan fingerprint density at radius 2 is 2.18 bits per heavy atom. The van der Waals surface area contributed by atoms with Gasteiger partial charge in [-0.2, -0.15) is 0 Å². The molecule has 1 aromatic heterocycles. The van der Waals surface area contributed by atoms with Crippen molar-refractivity contribution in [3.63, 3.8) is 0 Å². The van der Waals surface area contributed by atoms with Crippen LogP contribution in [0.4, 0.5) is 4.79 Å². The third-order valence-corrected chi connectivity index (χ3v) is 2.24. The number of alkyl halides is 1. The molecule has 0 amide bonds. The van der Waals surface area contributed by atoms with Crippen molar-refractivity contribution in [2.75, 3.05) is 6.61 Å². The Morgan fingerprint density at radius 1 is 1.47 bits per heavy atom. The molecule has 1 aromatic rings. The molecule has 92 valence electrons. The number of nitrogens with zero attached hydrogens (tertiary/aromatic N) is 1. The molecule has 6 heteroatoms. The summed E-state index contributed by atoms with van der Waals surface area (Å²) < 4.78 is 8.92. The number of rotatable bonds is 3. The van der Waals surface area contributed by atoms with Gasteiger partial charge in [-0.3, -0.25) is 4.98 Å². The Morgan fingerprint density at radius 3 is 2.71 bits per heavy atom. The van der Waals surface area contributed by atoms with Crippen LogP contribution in [-0.4, -0.2) is 23.7 Å². The van der Waals surface area contributed by atoms with Gasteiger partial charge in [-0.05, 0) is 25.5 Å². The van der Waals surface area contributed by atoms with E-state index in [0.717, 1.165) is 5.56 Å². The Bertz CT molecular complexity index is 433. The van der Waals surface area contributed by atoms with E-state index in [0.29, 0.717) is 5.69 Å². The number of ether oxygens (including phenoxy) is 2. The molecule has 0 aliphatic heterocycles. The van der Waals surface area contributed by atoms with Crippen molar-refractivity contribution in [3.05, 3.63) is 29.1 Å². The third-order valence-electron chi connectivity index (χ3n) is 1.99. The van der Waals surface area contributed by atoms with Gasteiger partial charge in [0.25, 0.3) is 0 Å². The summed E-state index contributed by atoms with van der Waals surface area (Å²) in [5.74, 6) is -0.529. The third kappa shape index (κ3) is 3.71. The molecule has 0 aliphatic rings. The van der Waals surface area contributed by atoms with E-state index in [1.165, 1.54) is 6.20 Å². The fourth-order valence-corrected chi connectivity index (χ4v) is 1.42. The molecule has 0 saturated carbocycles. The highest BCUT2D eigenvalue weighted by Gasteiger charge is 2.15. The predicted octanol–water partition coefficient (Wildman–Crippen LogP) is 2.44. The van der Waals surface area contributed by atoms with Crippen molar-refractivity contribution in [2.24, 2.45) is 0 Å². The maximum Gasteiger partial charge on any atom is 0.516 e. The van der Waals surface area contributed by atoms with Gasteiger partial charge in [0.05, 0.1) is 23.7 Å². The number of esters is 1. The topological polar surface area (TPSA) is 65.5 Å². The predicted molar refractivity (Wildman–Crippen MR) is 61.0 cm³/mol. The quantitative estimate of drug-likeness (QED) is 0.473. The Balaban J connectivity index is 2.76. The summed E-state index contributed by atoms with van der Waals surface area (Å²) in [6, 6.07) is 1.56. The molecule has 17 heavy (non-hydrogen) atoms. The van der Waals surface area contributed by atoms with Crippen molar-refractivity contribution < 1.29 is 19.1 Å². The summed E-state index contributed by atoms with van der Waals surface area (Å²) in [4.78, 5) is 26.4. The molecule has 1 rings (SSSR count). The Kier molecular flexibility index (Phi) is 4.90. The second kappa shape index (κ2) is 6.20. The molecule has 0 spiro atoms. The summed E-state index contributed by atoms with van der Waals surface area (Å²) in [6.45, 7) is 3.53. The van der Waals surface area contributed by atoms with E-state index in [9.17, 15) is 9.59 Å². The number of carbonyl (C=O) groups is 2. The number of hydrogen-bond donors (Lipinski definition) is 0. The fraction of sp³-hybridized carbons (Fsp3) is 0.364. The van der Waals surface area contributed by atoms with Crippen LogP contribution >= 0.6 is 11.6 Å². The van der Waals surface area contributed by atoms with Gasteiger partial charge in [0.15, 0.2) is 0 Å². The molecule has 0 bridgehead atoms. The zero-order valence-corrected chi connectivity index (χ0v) is 10.3. The summed E-state index contributed by atoms with van der Waals surface area (Å²) in [7, 11) is 0. The van der Waals surface area contributed by atoms with Crippen molar-refractivity contribution in [1.82, 2.24) is 4.98 Å². The minimum absolute atomic E-state index is 0.147. The van der Waals surface area contributed by atoms with Gasteiger partial charge in [0.1, 0.15) is 0 Å². The van der Waals surface area contributed by atoms with E-state index in [1.54, 1.807) is 19.9 Å². The molecular weight excluding hydrogens is 246 g/mol. The van der Waals surface area contributed by atoms with E-state index in [4.69, 9.17) is 11.6 Å². The first-order chi connectivity index (χ1) is 8.08. The monoisotopic (exact) mass is 257 g/mol. The summed E-state index contributed by atoms with van der Waals surface area (Å²) in [6.07, 6.45) is 0.295. The molecule has 1 heterocycles. The van der Waals surface area contributed by atoms with Crippen LogP contribution in [0.5, 0.6) is 0 Å². The SMILES string of the molecule is CCOC(=O)OC(=O)c1cnc(CCl)c(C)c1. The minimum Gasteiger partial charge on any atom is -0.434 e. The first kappa shape index (κ1) is 13.4. The van der Waals surface area contributed by atoms with Gasteiger partial charge in [-0.25, -0.2) is 9.59 Å². The molecule has 0 saturated heterocycles. The van der Waals surface area contributed by atoms with E-state index < -0.39 is 12.1 Å². The number of pyridine rings is 1. The number of carbonyl (C=O) groups excluding carboxylic acids is 2. The van der Waals surface area contributed by atoms with Gasteiger partial charge < -0.3 is 9.47 Å². The molecular formula is C11H12ClNO4. The van der Waals surface area contributed by atoms with Crippen molar-refractivity contribution in [3.8, 4) is 0 Å². The first-order valence-corrected chi connectivity index (χ1v) is 5.52. The van der Waals surface area contributed by atoms with E-state index >= 15 is 0 Å². The highest BCUT2D eigenvalue weighted by atomic mass is 35.5. The lowest BCUT2D eigenvalue weighted by Crippen LogP contribution is -2.14. The standard InChI is InChI=1S/C11H12ClNO4/c1-3-16-11(15)17-10(14)8-4-7(2)9(5-12)13-6-8/h4,6H,3,5H2,1-2H3. The minimum atomic E-state index is -1.02. The molecule has 0 radical (unpaired) electrons. The van der Waals surface area contributed by atoms with Crippen LogP contribution < -0.4 is 0 Å². The average Bonchev–Trinajstić information content (AvgIpc) is 2.29. The molecule has 0 aromatic carbocycles. The van der Waals surface area contributed by atoms with Crippen LogP contribution in [0.15, 0.2) is 12.3 Å². The van der Waals surface area contributed by atoms with E-state index in [1.807, 2.05) is 0 Å². The molecule has 0 N–H and O–H groups in total. The second-order valence-electron chi connectivity index (χ2n) is 3.19. The van der Waals surface area contributed by atoms with Crippen LogP contribution in [0.25, 0.3) is 0 Å². The fourth-order valence-electron chi connectivity index (χ4n) is 1.14. The van der Waals surface area contributed by atoms with Crippen LogP contribution in [0.3, 0.4) is 0 Å². The Labute approximate surface area is 104 Å². The van der Waals surface area contributed by atoms with Crippen molar-refractivity contribution >= 4 is 23.7 Å². The van der Waals surface area contributed by atoms with Crippen LogP contribution in [-0.2, 0) is 15.4 Å². The van der Waals surface area contributed by atoms with Crippen LogP contribution in [0.1, 0.15) is 28.5 Å². The summed E-state index contributed by atoms with van der Waals surface area (Å²) in [5.41, 5.74) is 1.63. The number of aryl methyl sites for hydroxylation is 1. The molecule has 0 atom stereocenters. The molecule has 0 unspecified atom stereocenters. The normalized spacial score (nSPS) is 9.82. The highest BCUT2D eigenvalue weighted by molar-refractivity contribution is 6.17. The van der Waals surface area contributed by atoms with Gasteiger partial charge in [0.2, 0.25) is 0 Å². The van der Waals surface area contributed by atoms with Crippen LogP contribution in [0.2, 0.25) is 0 Å². The zero-order chi connectivity index (χ0) is 12.8. The Hall–Kier alpha value is -1.62.